The monoisotopic (exact) mass is 261 g/mol. The van der Waals surface area contributed by atoms with Crippen molar-refractivity contribution in [2.45, 2.75) is 0 Å². The lowest BCUT2D eigenvalue weighted by Crippen LogP contribution is -2.15. The maximum absolute atomic E-state index is 11.8. The van der Waals surface area contributed by atoms with Gasteiger partial charge in [-0.2, -0.15) is 0 Å². The molecule has 0 saturated carbocycles. The van der Waals surface area contributed by atoms with Gasteiger partial charge in [0.25, 0.3) is 11.1 Å². The molecule has 3 aromatic rings. The summed E-state index contributed by atoms with van der Waals surface area (Å²) < 4.78 is 1.17. The summed E-state index contributed by atoms with van der Waals surface area (Å²) >= 11 is 5.81. The number of fused-ring (bicyclic) bond motifs is 1. The largest absolute Gasteiger partial charge is 0.339 e. The second kappa shape index (κ2) is 3.89. The first kappa shape index (κ1) is 10.9. The van der Waals surface area contributed by atoms with E-state index in [2.05, 4.69) is 10.1 Å². The normalized spacial score (nSPS) is 10.9. The molecule has 0 amide bonds. The van der Waals surface area contributed by atoms with E-state index in [-0.39, 0.29) is 11.1 Å². The van der Waals surface area contributed by atoms with Crippen LogP contribution in [0.5, 0.6) is 0 Å². The van der Waals surface area contributed by atoms with Crippen LogP contribution in [0.4, 0.5) is 0 Å². The molecule has 0 spiro atoms. The molecule has 0 aliphatic rings. The molecule has 0 aliphatic carbocycles. The van der Waals surface area contributed by atoms with Gasteiger partial charge in [-0.05, 0) is 17.7 Å². The molecular weight excluding hydrogens is 254 g/mol. The molecule has 0 aliphatic heterocycles. The lowest BCUT2D eigenvalue weighted by atomic mass is 10.1. The topological polar surface area (TPSA) is 70.1 Å². The number of rotatable bonds is 1. The first-order chi connectivity index (χ1) is 8.63. The zero-order valence-corrected chi connectivity index (χ0v) is 9.86. The molecule has 0 fully saturated rings. The van der Waals surface area contributed by atoms with Gasteiger partial charge in [-0.1, -0.05) is 23.7 Å². The van der Waals surface area contributed by atoms with Crippen molar-refractivity contribution < 1.29 is 0 Å². The van der Waals surface area contributed by atoms with Gasteiger partial charge < -0.3 is 4.98 Å². The third kappa shape index (κ3) is 1.74. The minimum Gasteiger partial charge on any atom is -0.339 e. The Kier molecular flexibility index (Phi) is 2.34. The van der Waals surface area contributed by atoms with Gasteiger partial charge in [0.15, 0.2) is 0 Å². The van der Waals surface area contributed by atoms with Crippen molar-refractivity contribution in [1.29, 1.82) is 0 Å². The van der Waals surface area contributed by atoms with Crippen molar-refractivity contribution in [3.05, 3.63) is 62.1 Å². The third-order valence-electron chi connectivity index (χ3n) is 2.64. The lowest BCUT2D eigenvalue weighted by Gasteiger charge is -2.02. The number of hydrogen-bond donors (Lipinski definition) is 2. The molecule has 0 bridgehead atoms. The standard InChI is InChI=1S/C12H8ClN3O2/c13-8-3-1-7(2-4-8)9-5-12(18)16-10(14-9)6-11(17)15-16/h1-6,14H,(H,15,17). The molecule has 0 saturated heterocycles. The Bertz CT molecular complexity index is 827. The number of hydrogen-bond acceptors (Lipinski definition) is 2. The minimum atomic E-state index is -0.323. The number of aromatic nitrogens is 3. The van der Waals surface area contributed by atoms with Gasteiger partial charge in [-0.3, -0.25) is 14.7 Å². The molecule has 6 heteroatoms. The number of H-pyrrole nitrogens is 2. The summed E-state index contributed by atoms with van der Waals surface area (Å²) in [5.74, 6) is 0. The molecule has 2 N–H and O–H groups in total. The summed E-state index contributed by atoms with van der Waals surface area (Å²) in [4.78, 5) is 26.0. The molecule has 90 valence electrons. The van der Waals surface area contributed by atoms with Crippen LogP contribution in [0, 0.1) is 0 Å². The van der Waals surface area contributed by atoms with Crippen LogP contribution in [-0.4, -0.2) is 14.6 Å². The molecule has 2 aromatic heterocycles. The first-order valence-corrected chi connectivity index (χ1v) is 5.62. The summed E-state index contributed by atoms with van der Waals surface area (Å²) in [5.41, 5.74) is 1.27. The smallest absolute Gasteiger partial charge is 0.273 e. The van der Waals surface area contributed by atoms with Crippen molar-refractivity contribution in [1.82, 2.24) is 14.6 Å². The Labute approximate surface area is 106 Å². The summed E-state index contributed by atoms with van der Waals surface area (Å²) in [6.07, 6.45) is 0. The van der Waals surface area contributed by atoms with E-state index in [4.69, 9.17) is 11.6 Å². The predicted octanol–water partition coefficient (Wildman–Crippen LogP) is 1.64. The second-order valence-corrected chi connectivity index (χ2v) is 4.31. The maximum atomic E-state index is 11.8. The van der Waals surface area contributed by atoms with Crippen LogP contribution in [0.3, 0.4) is 0 Å². The van der Waals surface area contributed by atoms with Gasteiger partial charge in [0, 0.05) is 17.2 Å². The third-order valence-corrected chi connectivity index (χ3v) is 2.89. The number of aromatic amines is 2. The highest BCUT2D eigenvalue weighted by molar-refractivity contribution is 6.30. The fourth-order valence-corrected chi connectivity index (χ4v) is 1.93. The van der Waals surface area contributed by atoms with Gasteiger partial charge >= 0.3 is 0 Å². The van der Waals surface area contributed by atoms with Crippen molar-refractivity contribution in [2.75, 3.05) is 0 Å². The van der Waals surface area contributed by atoms with Crippen LogP contribution in [0.1, 0.15) is 0 Å². The van der Waals surface area contributed by atoms with Crippen LogP contribution in [0.2, 0.25) is 5.02 Å². The molecule has 18 heavy (non-hydrogen) atoms. The summed E-state index contributed by atoms with van der Waals surface area (Å²) in [6, 6.07) is 9.84. The van der Waals surface area contributed by atoms with E-state index in [9.17, 15) is 9.59 Å². The average molecular weight is 262 g/mol. The highest BCUT2D eigenvalue weighted by Crippen LogP contribution is 2.18. The summed E-state index contributed by atoms with van der Waals surface area (Å²) in [6.45, 7) is 0. The van der Waals surface area contributed by atoms with Gasteiger partial charge in [-0.25, -0.2) is 4.52 Å². The maximum Gasteiger partial charge on any atom is 0.273 e. The number of halogens is 1. The van der Waals surface area contributed by atoms with E-state index in [1.807, 2.05) is 0 Å². The molecular formula is C12H8ClN3O2. The van der Waals surface area contributed by atoms with Crippen LogP contribution in [-0.2, 0) is 0 Å². The van der Waals surface area contributed by atoms with Crippen molar-refractivity contribution in [2.24, 2.45) is 0 Å². The second-order valence-electron chi connectivity index (χ2n) is 3.87. The zero-order chi connectivity index (χ0) is 12.7. The first-order valence-electron chi connectivity index (χ1n) is 5.24. The van der Waals surface area contributed by atoms with Crippen LogP contribution in [0.15, 0.2) is 46.0 Å². The number of nitrogens with one attached hydrogen (secondary N) is 2. The number of benzene rings is 1. The highest BCUT2D eigenvalue weighted by Gasteiger charge is 2.05. The fourth-order valence-electron chi connectivity index (χ4n) is 1.80. The average Bonchev–Trinajstić information content (AvgIpc) is 2.71. The molecule has 1 aromatic carbocycles. The lowest BCUT2D eigenvalue weighted by molar-refractivity contribution is 0.884. The van der Waals surface area contributed by atoms with E-state index < -0.39 is 0 Å². The summed E-state index contributed by atoms with van der Waals surface area (Å²) in [7, 11) is 0. The van der Waals surface area contributed by atoms with Crippen LogP contribution < -0.4 is 11.1 Å². The predicted molar refractivity (Wildman–Crippen MR) is 69.1 cm³/mol. The van der Waals surface area contributed by atoms with E-state index in [0.717, 1.165) is 5.56 Å². The molecule has 0 atom stereocenters. The van der Waals surface area contributed by atoms with Crippen molar-refractivity contribution >= 4 is 17.2 Å². The van der Waals surface area contributed by atoms with E-state index in [1.54, 1.807) is 24.3 Å². The number of nitrogens with zero attached hydrogens (tertiary/aromatic N) is 1. The molecule has 5 nitrogen and oxygen atoms in total. The van der Waals surface area contributed by atoms with Gasteiger partial charge in [0.2, 0.25) is 0 Å². The Morgan fingerprint density at radius 1 is 1.06 bits per heavy atom. The Morgan fingerprint density at radius 2 is 1.78 bits per heavy atom. The molecule has 0 radical (unpaired) electrons. The van der Waals surface area contributed by atoms with E-state index in [0.29, 0.717) is 16.4 Å². The highest BCUT2D eigenvalue weighted by atomic mass is 35.5. The van der Waals surface area contributed by atoms with E-state index in [1.165, 1.54) is 16.6 Å². The Balaban J connectivity index is 2.27. The van der Waals surface area contributed by atoms with Gasteiger partial charge in [-0.15, -0.1) is 0 Å². The van der Waals surface area contributed by atoms with Crippen LogP contribution in [0.25, 0.3) is 16.9 Å². The molecule has 0 unspecified atom stereocenters. The SMILES string of the molecule is O=c1cc2[nH]c(-c3ccc(Cl)cc3)cc(=O)n2[nH]1. The van der Waals surface area contributed by atoms with Crippen LogP contribution >= 0.6 is 11.6 Å². The van der Waals surface area contributed by atoms with Crippen molar-refractivity contribution in [3.8, 4) is 11.3 Å². The molecule has 2 heterocycles. The van der Waals surface area contributed by atoms with Gasteiger partial charge in [0.1, 0.15) is 5.65 Å². The fraction of sp³-hybridized carbons (Fsp3) is 0. The Morgan fingerprint density at radius 3 is 2.50 bits per heavy atom. The van der Waals surface area contributed by atoms with E-state index >= 15 is 0 Å². The van der Waals surface area contributed by atoms with Crippen molar-refractivity contribution in [3.63, 3.8) is 0 Å². The summed E-state index contributed by atoms with van der Waals surface area (Å²) in [5, 5.41) is 3.04. The molecule has 3 rings (SSSR count). The van der Waals surface area contributed by atoms with Gasteiger partial charge in [0.05, 0.1) is 5.69 Å². The Hall–Kier alpha value is -2.27. The quantitative estimate of drug-likeness (QED) is 0.699. The minimum absolute atomic E-state index is 0.296. The zero-order valence-electron chi connectivity index (χ0n) is 9.11.